The number of carbonyl (C=O) groups excluding carboxylic acids is 2. The summed E-state index contributed by atoms with van der Waals surface area (Å²) in [4.78, 5) is 24.4. The highest BCUT2D eigenvalue weighted by molar-refractivity contribution is 6.01. The van der Waals surface area contributed by atoms with Gasteiger partial charge in [0.2, 0.25) is 0 Å². The molecular weight excluding hydrogens is 244 g/mol. The third-order valence-electron chi connectivity index (χ3n) is 3.05. The number of hydrogen-bond acceptors (Lipinski definition) is 4. The molecule has 2 unspecified atom stereocenters. The lowest BCUT2D eigenvalue weighted by atomic mass is 9.81. The monoisotopic (exact) mass is 272 g/mol. The van der Waals surface area contributed by atoms with E-state index in [0.717, 1.165) is 12.8 Å². The quantitative estimate of drug-likeness (QED) is 0.503. The minimum Gasteiger partial charge on any atom is -0.468 e. The van der Waals surface area contributed by atoms with Crippen LogP contribution in [0.5, 0.6) is 0 Å². The second-order valence-electron chi connectivity index (χ2n) is 5.82. The normalized spacial score (nSPS) is 14.8. The number of rotatable bonds is 8. The van der Waals surface area contributed by atoms with Crippen molar-refractivity contribution in [1.29, 1.82) is 0 Å². The molecule has 2 atom stereocenters. The van der Waals surface area contributed by atoms with Crippen molar-refractivity contribution in [2.75, 3.05) is 13.7 Å². The molecule has 0 aromatic heterocycles. The van der Waals surface area contributed by atoms with Gasteiger partial charge in [0.1, 0.15) is 12.0 Å². The summed E-state index contributed by atoms with van der Waals surface area (Å²) in [5, 5.41) is 0. The van der Waals surface area contributed by atoms with Crippen molar-refractivity contribution in [3.8, 4) is 0 Å². The molecule has 0 aliphatic heterocycles. The highest BCUT2D eigenvalue weighted by Crippen LogP contribution is 2.27. The molecule has 0 rings (SSSR count). The van der Waals surface area contributed by atoms with Crippen LogP contribution in [0.15, 0.2) is 0 Å². The van der Waals surface area contributed by atoms with E-state index in [1.54, 1.807) is 0 Å². The first-order valence-corrected chi connectivity index (χ1v) is 7.02. The second-order valence-corrected chi connectivity index (χ2v) is 5.82. The van der Waals surface area contributed by atoms with E-state index in [-0.39, 0.29) is 11.2 Å². The van der Waals surface area contributed by atoms with Gasteiger partial charge < -0.3 is 9.47 Å². The number of unbranched alkanes of at least 4 members (excludes halogenated alkanes) is 1. The topological polar surface area (TPSA) is 52.6 Å². The SMILES string of the molecule is CCCCC(C(=O)OC)C(=O)C(OCC)C(C)(C)C. The van der Waals surface area contributed by atoms with Crippen molar-refractivity contribution in [3.05, 3.63) is 0 Å². The maximum Gasteiger partial charge on any atom is 0.316 e. The Bertz CT molecular complexity index is 291. The summed E-state index contributed by atoms with van der Waals surface area (Å²) in [6.07, 6.45) is 1.73. The zero-order valence-electron chi connectivity index (χ0n) is 13.1. The first kappa shape index (κ1) is 18.1. The van der Waals surface area contributed by atoms with Crippen molar-refractivity contribution < 1.29 is 19.1 Å². The van der Waals surface area contributed by atoms with Gasteiger partial charge in [-0.1, -0.05) is 40.5 Å². The number of esters is 1. The van der Waals surface area contributed by atoms with Crippen LogP contribution in [0.3, 0.4) is 0 Å². The molecular formula is C15H28O4. The number of ether oxygens (including phenoxy) is 2. The molecule has 4 nitrogen and oxygen atoms in total. The van der Waals surface area contributed by atoms with Crippen molar-refractivity contribution in [3.63, 3.8) is 0 Å². The number of ketones is 1. The summed E-state index contributed by atoms with van der Waals surface area (Å²) in [6.45, 7) is 10.2. The second kappa shape index (κ2) is 8.31. The van der Waals surface area contributed by atoms with E-state index >= 15 is 0 Å². The molecule has 4 heteroatoms. The van der Waals surface area contributed by atoms with Gasteiger partial charge in [0.25, 0.3) is 0 Å². The van der Waals surface area contributed by atoms with Crippen LogP contribution < -0.4 is 0 Å². The summed E-state index contributed by atoms with van der Waals surface area (Å²) in [6, 6.07) is 0. The molecule has 0 heterocycles. The lowest BCUT2D eigenvalue weighted by Gasteiger charge is -2.31. The van der Waals surface area contributed by atoms with Crippen LogP contribution in [0.25, 0.3) is 0 Å². The summed E-state index contributed by atoms with van der Waals surface area (Å²) >= 11 is 0. The molecule has 0 aromatic rings. The van der Waals surface area contributed by atoms with E-state index in [1.807, 2.05) is 34.6 Å². The molecule has 0 aliphatic carbocycles. The summed E-state index contributed by atoms with van der Waals surface area (Å²) in [5.41, 5.74) is -0.328. The van der Waals surface area contributed by atoms with Gasteiger partial charge in [0.05, 0.1) is 7.11 Å². The van der Waals surface area contributed by atoms with Gasteiger partial charge in [-0.25, -0.2) is 0 Å². The van der Waals surface area contributed by atoms with E-state index in [2.05, 4.69) is 0 Å². The Morgan fingerprint density at radius 2 is 1.74 bits per heavy atom. The van der Waals surface area contributed by atoms with E-state index in [9.17, 15) is 9.59 Å². The summed E-state index contributed by atoms with van der Waals surface area (Å²) in [7, 11) is 1.32. The largest absolute Gasteiger partial charge is 0.468 e. The third-order valence-corrected chi connectivity index (χ3v) is 3.05. The van der Waals surface area contributed by atoms with Gasteiger partial charge in [0, 0.05) is 6.61 Å². The zero-order valence-corrected chi connectivity index (χ0v) is 13.1. The highest BCUT2D eigenvalue weighted by atomic mass is 16.5. The van der Waals surface area contributed by atoms with Crippen molar-refractivity contribution in [2.24, 2.45) is 11.3 Å². The van der Waals surface area contributed by atoms with Crippen LogP contribution in [-0.4, -0.2) is 31.6 Å². The summed E-state index contributed by atoms with van der Waals surface area (Å²) in [5.74, 6) is -1.32. The van der Waals surface area contributed by atoms with Gasteiger partial charge in [-0.05, 0) is 18.8 Å². The summed E-state index contributed by atoms with van der Waals surface area (Å²) < 4.78 is 10.3. The van der Waals surface area contributed by atoms with Crippen LogP contribution in [0, 0.1) is 11.3 Å². The molecule has 0 radical (unpaired) electrons. The zero-order chi connectivity index (χ0) is 15.1. The smallest absolute Gasteiger partial charge is 0.316 e. The highest BCUT2D eigenvalue weighted by Gasteiger charge is 2.39. The van der Waals surface area contributed by atoms with Gasteiger partial charge in [0.15, 0.2) is 5.78 Å². The molecule has 0 amide bonds. The van der Waals surface area contributed by atoms with Crippen LogP contribution in [0.1, 0.15) is 53.9 Å². The van der Waals surface area contributed by atoms with Crippen molar-refractivity contribution in [2.45, 2.75) is 60.0 Å². The standard InChI is InChI=1S/C15H28O4/c1-7-9-10-11(14(17)18-6)12(16)13(19-8-2)15(3,4)5/h11,13H,7-10H2,1-6H3. The van der Waals surface area contributed by atoms with Crippen LogP contribution in [-0.2, 0) is 19.1 Å². The lowest BCUT2D eigenvalue weighted by Crippen LogP contribution is -2.43. The first-order chi connectivity index (χ1) is 8.79. The number of carbonyl (C=O) groups is 2. The van der Waals surface area contributed by atoms with Crippen molar-refractivity contribution >= 4 is 11.8 Å². The molecule has 112 valence electrons. The fraction of sp³-hybridized carbons (Fsp3) is 0.867. The fourth-order valence-electron chi connectivity index (χ4n) is 2.04. The van der Waals surface area contributed by atoms with E-state index in [4.69, 9.17) is 9.47 Å². The predicted molar refractivity (Wildman–Crippen MR) is 74.9 cm³/mol. The van der Waals surface area contributed by atoms with Crippen molar-refractivity contribution in [1.82, 2.24) is 0 Å². The van der Waals surface area contributed by atoms with E-state index in [0.29, 0.717) is 13.0 Å². The van der Waals surface area contributed by atoms with Gasteiger partial charge in [-0.2, -0.15) is 0 Å². The predicted octanol–water partition coefficient (Wildman–Crippen LogP) is 2.99. The molecule has 0 saturated carbocycles. The number of hydrogen-bond donors (Lipinski definition) is 0. The number of methoxy groups -OCH3 is 1. The van der Waals surface area contributed by atoms with E-state index < -0.39 is 18.0 Å². The molecule has 0 bridgehead atoms. The van der Waals surface area contributed by atoms with Crippen LogP contribution in [0.2, 0.25) is 0 Å². The average Bonchev–Trinajstić information content (AvgIpc) is 2.34. The molecule has 0 saturated heterocycles. The minimum absolute atomic E-state index is 0.158. The molecule has 0 aliphatic rings. The molecule has 0 aromatic carbocycles. The fourth-order valence-corrected chi connectivity index (χ4v) is 2.04. The van der Waals surface area contributed by atoms with Crippen LogP contribution >= 0.6 is 0 Å². The Morgan fingerprint density at radius 1 is 1.16 bits per heavy atom. The van der Waals surface area contributed by atoms with Crippen LogP contribution in [0.4, 0.5) is 0 Å². The maximum atomic E-state index is 12.6. The third kappa shape index (κ3) is 5.72. The molecule has 0 spiro atoms. The Kier molecular flexibility index (Phi) is 7.91. The molecule has 0 N–H and O–H groups in total. The average molecular weight is 272 g/mol. The molecule has 0 fully saturated rings. The van der Waals surface area contributed by atoms with Gasteiger partial charge in [-0.15, -0.1) is 0 Å². The maximum absolute atomic E-state index is 12.6. The molecule has 19 heavy (non-hydrogen) atoms. The lowest BCUT2D eigenvalue weighted by molar-refractivity contribution is -0.156. The Morgan fingerprint density at radius 3 is 2.11 bits per heavy atom. The first-order valence-electron chi connectivity index (χ1n) is 7.02. The van der Waals surface area contributed by atoms with E-state index in [1.165, 1.54) is 7.11 Å². The van der Waals surface area contributed by atoms with Gasteiger partial charge >= 0.3 is 5.97 Å². The number of Topliss-reactive ketones (excluding diaryl/α,β-unsaturated/α-hetero) is 1. The Balaban J connectivity index is 5.06. The van der Waals surface area contributed by atoms with Gasteiger partial charge in [-0.3, -0.25) is 9.59 Å². The minimum atomic E-state index is -0.708. The Hall–Kier alpha value is -0.900. The Labute approximate surface area is 116 Å².